The van der Waals surface area contributed by atoms with Gasteiger partial charge in [-0.25, -0.2) is 4.98 Å². The SMILES string of the molecule is CCCc1nccn1CCCC(C#N)(CC)NCC. The summed E-state index contributed by atoms with van der Waals surface area (Å²) in [4.78, 5) is 4.38. The average Bonchev–Trinajstić information content (AvgIpc) is 2.86. The highest BCUT2D eigenvalue weighted by atomic mass is 15.1. The van der Waals surface area contributed by atoms with E-state index in [-0.39, 0.29) is 5.54 Å². The van der Waals surface area contributed by atoms with E-state index >= 15 is 0 Å². The Kier molecular flexibility index (Phi) is 6.58. The third kappa shape index (κ3) is 4.36. The van der Waals surface area contributed by atoms with Crippen LogP contribution in [-0.2, 0) is 13.0 Å². The molecule has 4 nitrogen and oxygen atoms in total. The zero-order chi connectivity index (χ0) is 14.1. The summed E-state index contributed by atoms with van der Waals surface area (Å²) < 4.78 is 2.22. The van der Waals surface area contributed by atoms with Crippen LogP contribution < -0.4 is 5.32 Å². The first-order chi connectivity index (χ1) is 9.21. The minimum atomic E-state index is -0.361. The highest BCUT2D eigenvalue weighted by Gasteiger charge is 2.25. The van der Waals surface area contributed by atoms with Crippen LogP contribution in [-0.4, -0.2) is 21.6 Å². The maximum Gasteiger partial charge on any atom is 0.108 e. The van der Waals surface area contributed by atoms with E-state index in [0.29, 0.717) is 0 Å². The maximum atomic E-state index is 9.37. The van der Waals surface area contributed by atoms with Crippen LogP contribution in [0.15, 0.2) is 12.4 Å². The highest BCUT2D eigenvalue weighted by Crippen LogP contribution is 2.17. The number of nitrogens with zero attached hydrogens (tertiary/aromatic N) is 3. The van der Waals surface area contributed by atoms with Crippen LogP contribution in [0.2, 0.25) is 0 Å². The number of hydrogen-bond donors (Lipinski definition) is 1. The summed E-state index contributed by atoms with van der Waals surface area (Å²) in [5.41, 5.74) is -0.361. The Morgan fingerprint density at radius 2 is 2.21 bits per heavy atom. The van der Waals surface area contributed by atoms with E-state index < -0.39 is 0 Å². The van der Waals surface area contributed by atoms with Gasteiger partial charge in [-0.3, -0.25) is 5.32 Å². The van der Waals surface area contributed by atoms with Gasteiger partial charge in [0.25, 0.3) is 0 Å². The van der Waals surface area contributed by atoms with E-state index in [9.17, 15) is 5.26 Å². The van der Waals surface area contributed by atoms with Crippen molar-refractivity contribution in [3.63, 3.8) is 0 Å². The predicted octanol–water partition coefficient (Wildman–Crippen LogP) is 2.90. The largest absolute Gasteiger partial charge is 0.335 e. The Balaban J connectivity index is 2.52. The minimum absolute atomic E-state index is 0.361. The van der Waals surface area contributed by atoms with E-state index in [1.54, 1.807) is 0 Å². The molecule has 106 valence electrons. The summed E-state index contributed by atoms with van der Waals surface area (Å²) >= 11 is 0. The lowest BCUT2D eigenvalue weighted by Crippen LogP contribution is -2.43. The molecule has 1 heterocycles. The van der Waals surface area contributed by atoms with E-state index in [1.165, 1.54) is 0 Å². The van der Waals surface area contributed by atoms with Gasteiger partial charge in [0.15, 0.2) is 0 Å². The van der Waals surface area contributed by atoms with Crippen molar-refractivity contribution in [1.29, 1.82) is 5.26 Å². The van der Waals surface area contributed by atoms with E-state index in [2.05, 4.69) is 41.7 Å². The molecule has 1 aromatic heterocycles. The molecule has 4 heteroatoms. The third-order valence-corrected chi connectivity index (χ3v) is 3.61. The number of rotatable bonds is 9. The lowest BCUT2D eigenvalue weighted by molar-refractivity contribution is 0.361. The highest BCUT2D eigenvalue weighted by molar-refractivity contribution is 5.06. The van der Waals surface area contributed by atoms with Crippen LogP contribution in [0.5, 0.6) is 0 Å². The fraction of sp³-hybridized carbons (Fsp3) is 0.733. The predicted molar refractivity (Wildman–Crippen MR) is 77.8 cm³/mol. The standard InChI is InChI=1S/C15H26N4/c1-4-8-14-17-10-12-19(14)11-7-9-15(5-2,13-16)18-6-3/h10,12,18H,4-9,11H2,1-3H3. The van der Waals surface area contributed by atoms with Gasteiger partial charge in [0.2, 0.25) is 0 Å². The molecule has 0 aliphatic rings. The van der Waals surface area contributed by atoms with Crippen molar-refractivity contribution in [3.05, 3.63) is 18.2 Å². The second kappa shape index (κ2) is 7.96. The van der Waals surface area contributed by atoms with Gasteiger partial charge in [0, 0.05) is 25.4 Å². The molecule has 0 aliphatic carbocycles. The van der Waals surface area contributed by atoms with E-state index in [4.69, 9.17) is 0 Å². The molecule has 0 fully saturated rings. The summed E-state index contributed by atoms with van der Waals surface area (Å²) in [5, 5.41) is 12.7. The van der Waals surface area contributed by atoms with Gasteiger partial charge in [0.05, 0.1) is 6.07 Å². The van der Waals surface area contributed by atoms with Crippen LogP contribution in [0.25, 0.3) is 0 Å². The molecule has 1 rings (SSSR count). The normalized spacial score (nSPS) is 14.0. The molecule has 1 aromatic rings. The molecule has 0 spiro atoms. The van der Waals surface area contributed by atoms with Crippen molar-refractivity contribution in [3.8, 4) is 6.07 Å². The molecule has 1 unspecified atom stereocenters. The van der Waals surface area contributed by atoms with Crippen molar-refractivity contribution in [2.75, 3.05) is 6.54 Å². The second-order valence-corrected chi connectivity index (χ2v) is 4.97. The summed E-state index contributed by atoms with van der Waals surface area (Å²) in [5.74, 6) is 1.16. The number of aromatic nitrogens is 2. The molecular weight excluding hydrogens is 236 g/mol. The van der Waals surface area contributed by atoms with Crippen LogP contribution in [0.1, 0.15) is 52.3 Å². The van der Waals surface area contributed by atoms with Crippen molar-refractivity contribution in [2.45, 2.75) is 65.0 Å². The Bertz CT molecular complexity index is 405. The average molecular weight is 262 g/mol. The second-order valence-electron chi connectivity index (χ2n) is 4.97. The Morgan fingerprint density at radius 1 is 1.42 bits per heavy atom. The fourth-order valence-electron chi connectivity index (χ4n) is 2.45. The summed E-state index contributed by atoms with van der Waals surface area (Å²) in [6.45, 7) is 8.09. The number of aryl methyl sites for hydroxylation is 2. The molecule has 0 saturated heterocycles. The minimum Gasteiger partial charge on any atom is -0.335 e. The quantitative estimate of drug-likeness (QED) is 0.744. The first kappa shape index (κ1) is 15.7. The van der Waals surface area contributed by atoms with Gasteiger partial charge in [-0.15, -0.1) is 0 Å². The lowest BCUT2D eigenvalue weighted by atomic mass is 9.92. The van der Waals surface area contributed by atoms with Crippen LogP contribution in [0, 0.1) is 11.3 Å². The van der Waals surface area contributed by atoms with Gasteiger partial charge in [-0.05, 0) is 32.2 Å². The van der Waals surface area contributed by atoms with Gasteiger partial charge in [0.1, 0.15) is 11.4 Å². The first-order valence-electron chi connectivity index (χ1n) is 7.37. The first-order valence-corrected chi connectivity index (χ1v) is 7.37. The molecule has 0 amide bonds. The van der Waals surface area contributed by atoms with Crippen LogP contribution >= 0.6 is 0 Å². The summed E-state index contributed by atoms with van der Waals surface area (Å²) in [7, 11) is 0. The van der Waals surface area contributed by atoms with Crippen LogP contribution in [0.4, 0.5) is 0 Å². The molecule has 1 N–H and O–H groups in total. The monoisotopic (exact) mass is 262 g/mol. The number of hydrogen-bond acceptors (Lipinski definition) is 3. The van der Waals surface area contributed by atoms with Crippen molar-refractivity contribution >= 4 is 0 Å². The summed E-state index contributed by atoms with van der Waals surface area (Å²) in [6, 6.07) is 2.45. The smallest absolute Gasteiger partial charge is 0.108 e. The zero-order valence-corrected chi connectivity index (χ0v) is 12.4. The van der Waals surface area contributed by atoms with E-state index in [0.717, 1.165) is 51.0 Å². The third-order valence-electron chi connectivity index (χ3n) is 3.61. The van der Waals surface area contributed by atoms with E-state index in [1.807, 2.05) is 12.4 Å². The fourth-order valence-corrected chi connectivity index (χ4v) is 2.45. The van der Waals surface area contributed by atoms with Crippen molar-refractivity contribution < 1.29 is 0 Å². The van der Waals surface area contributed by atoms with Crippen molar-refractivity contribution in [2.24, 2.45) is 0 Å². The van der Waals surface area contributed by atoms with Crippen LogP contribution in [0.3, 0.4) is 0 Å². The Labute approximate surface area is 116 Å². The van der Waals surface area contributed by atoms with Gasteiger partial charge >= 0.3 is 0 Å². The number of imidazole rings is 1. The van der Waals surface area contributed by atoms with Gasteiger partial charge in [-0.1, -0.05) is 20.8 Å². The molecule has 1 atom stereocenters. The van der Waals surface area contributed by atoms with Gasteiger partial charge in [-0.2, -0.15) is 5.26 Å². The molecular formula is C15H26N4. The lowest BCUT2D eigenvalue weighted by Gasteiger charge is -2.26. The number of nitriles is 1. The summed E-state index contributed by atoms with van der Waals surface area (Å²) in [6.07, 6.45) is 8.79. The molecule has 0 bridgehead atoms. The molecule has 0 aliphatic heterocycles. The molecule has 19 heavy (non-hydrogen) atoms. The molecule has 0 saturated carbocycles. The number of nitrogens with one attached hydrogen (secondary N) is 1. The Hall–Kier alpha value is -1.34. The topological polar surface area (TPSA) is 53.6 Å². The zero-order valence-electron chi connectivity index (χ0n) is 12.4. The Morgan fingerprint density at radius 3 is 2.79 bits per heavy atom. The van der Waals surface area contributed by atoms with Crippen molar-refractivity contribution in [1.82, 2.24) is 14.9 Å². The maximum absolute atomic E-state index is 9.37. The van der Waals surface area contributed by atoms with Gasteiger partial charge < -0.3 is 4.57 Å². The molecule has 0 aromatic carbocycles. The molecule has 0 radical (unpaired) electrons.